The minimum absolute atomic E-state index is 0.00829. The topological polar surface area (TPSA) is 129 Å². The van der Waals surface area contributed by atoms with E-state index in [0.29, 0.717) is 29.2 Å². The van der Waals surface area contributed by atoms with Gasteiger partial charge in [-0.3, -0.25) is 19.4 Å². The number of carbonyl (C=O) groups is 2. The van der Waals surface area contributed by atoms with Crippen LogP contribution in [-0.2, 0) is 11.3 Å². The van der Waals surface area contributed by atoms with Crippen LogP contribution in [0.3, 0.4) is 0 Å². The Kier molecular flexibility index (Phi) is 5.65. The lowest BCUT2D eigenvalue weighted by molar-refractivity contribution is -0.123. The van der Waals surface area contributed by atoms with Crippen LogP contribution >= 0.6 is 0 Å². The van der Waals surface area contributed by atoms with Gasteiger partial charge in [-0.1, -0.05) is 0 Å². The van der Waals surface area contributed by atoms with Crippen LogP contribution < -0.4 is 15.6 Å². The number of carbonyl (C=O) groups excluding carboxylic acids is 2. The SMILES string of the molecule is Cc1ccnc([C@H]2C[C@@H]2c2cc(=O)c3ccc(NCc4cn5cc(C6CC6)cc(N6CC(=O)N(C)C6=O)c5n4)cc3[nH]2)n1. The zero-order valence-electron chi connectivity index (χ0n) is 23.9. The van der Waals surface area contributed by atoms with Crippen LogP contribution in [-0.4, -0.2) is 54.8 Å². The second-order valence-electron chi connectivity index (χ2n) is 11.9. The zero-order chi connectivity index (χ0) is 29.4. The van der Waals surface area contributed by atoms with Gasteiger partial charge in [0, 0.05) is 66.0 Å². The molecule has 0 radical (unpaired) electrons. The lowest BCUT2D eigenvalue weighted by Crippen LogP contribution is -2.30. The van der Waals surface area contributed by atoms with E-state index in [9.17, 15) is 14.4 Å². The Labute approximate surface area is 246 Å². The quantitative estimate of drug-likeness (QED) is 0.275. The Morgan fingerprint density at radius 3 is 2.65 bits per heavy atom. The van der Waals surface area contributed by atoms with E-state index in [1.54, 1.807) is 12.3 Å². The van der Waals surface area contributed by atoms with Crippen LogP contribution in [0.2, 0.25) is 0 Å². The summed E-state index contributed by atoms with van der Waals surface area (Å²) in [6.45, 7) is 2.41. The van der Waals surface area contributed by atoms with Crippen molar-refractivity contribution in [2.45, 2.75) is 50.5 Å². The fourth-order valence-electron chi connectivity index (χ4n) is 6.11. The minimum Gasteiger partial charge on any atom is -0.379 e. The molecule has 2 aliphatic carbocycles. The normalized spacial score (nSPS) is 20.0. The zero-order valence-corrected chi connectivity index (χ0v) is 23.9. The number of imide groups is 1. The summed E-state index contributed by atoms with van der Waals surface area (Å²) >= 11 is 0. The number of urea groups is 1. The summed E-state index contributed by atoms with van der Waals surface area (Å²) in [4.78, 5) is 58.1. The smallest absolute Gasteiger partial charge is 0.331 e. The summed E-state index contributed by atoms with van der Waals surface area (Å²) < 4.78 is 1.96. The van der Waals surface area contributed by atoms with E-state index < -0.39 is 0 Å². The first-order valence-corrected chi connectivity index (χ1v) is 14.6. The van der Waals surface area contributed by atoms with Crippen molar-refractivity contribution in [3.05, 3.63) is 93.7 Å². The summed E-state index contributed by atoms with van der Waals surface area (Å²) in [5, 5.41) is 4.08. The van der Waals surface area contributed by atoms with Gasteiger partial charge in [0.05, 0.1) is 23.4 Å². The Hall–Kier alpha value is -5.06. The number of aryl methyl sites for hydroxylation is 1. The summed E-state index contributed by atoms with van der Waals surface area (Å²) in [6.07, 6.45) is 8.98. The van der Waals surface area contributed by atoms with Crippen molar-refractivity contribution in [1.29, 1.82) is 0 Å². The van der Waals surface area contributed by atoms with Crippen molar-refractivity contribution in [1.82, 2.24) is 29.2 Å². The molecule has 1 saturated heterocycles. The summed E-state index contributed by atoms with van der Waals surface area (Å²) in [6, 6.07) is 11.0. The molecule has 1 aliphatic heterocycles. The van der Waals surface area contributed by atoms with Crippen molar-refractivity contribution in [3.8, 4) is 0 Å². The van der Waals surface area contributed by atoms with Crippen LogP contribution in [0.25, 0.3) is 16.6 Å². The van der Waals surface area contributed by atoms with Gasteiger partial charge >= 0.3 is 6.03 Å². The molecular weight excluding hydrogens is 544 g/mol. The van der Waals surface area contributed by atoms with E-state index in [1.165, 1.54) is 11.9 Å². The number of H-pyrrole nitrogens is 1. The number of pyridine rings is 2. The Balaban J connectivity index is 1.06. The van der Waals surface area contributed by atoms with Crippen molar-refractivity contribution in [2.24, 2.45) is 0 Å². The number of hydrogen-bond donors (Lipinski definition) is 2. The number of aromatic nitrogens is 5. The molecule has 1 aromatic carbocycles. The molecule has 3 aliphatic rings. The van der Waals surface area contributed by atoms with Gasteiger partial charge in [-0.2, -0.15) is 0 Å². The van der Waals surface area contributed by atoms with Gasteiger partial charge < -0.3 is 14.7 Å². The van der Waals surface area contributed by atoms with Crippen molar-refractivity contribution in [2.75, 3.05) is 23.8 Å². The average Bonchev–Trinajstić information content (AvgIpc) is 3.93. The number of likely N-dealkylation sites (N-methyl/N-ethyl adjacent to an activating group) is 1. The molecule has 5 heterocycles. The molecule has 3 amide bonds. The third-order valence-corrected chi connectivity index (χ3v) is 8.79. The Bertz CT molecular complexity index is 2030. The van der Waals surface area contributed by atoms with Crippen molar-refractivity contribution >= 4 is 39.9 Å². The van der Waals surface area contributed by atoms with E-state index in [4.69, 9.17) is 4.98 Å². The highest BCUT2D eigenvalue weighted by molar-refractivity contribution is 6.13. The van der Waals surface area contributed by atoms with Crippen LogP contribution in [0.15, 0.2) is 59.8 Å². The number of aromatic amines is 1. The predicted octanol–water partition coefficient (Wildman–Crippen LogP) is 4.43. The summed E-state index contributed by atoms with van der Waals surface area (Å²) in [5.41, 5.74) is 6.71. The third kappa shape index (κ3) is 4.52. The van der Waals surface area contributed by atoms with Gasteiger partial charge in [0.25, 0.3) is 0 Å². The number of benzene rings is 1. The number of amides is 3. The van der Waals surface area contributed by atoms with Gasteiger partial charge in [-0.15, -0.1) is 0 Å². The van der Waals surface area contributed by atoms with Gasteiger partial charge in [0.1, 0.15) is 12.4 Å². The molecule has 0 bridgehead atoms. The summed E-state index contributed by atoms with van der Waals surface area (Å²) in [5.74, 6) is 1.48. The number of hydrogen-bond acceptors (Lipinski definition) is 7. The molecule has 0 spiro atoms. The van der Waals surface area contributed by atoms with Gasteiger partial charge in [0.15, 0.2) is 11.1 Å². The molecule has 2 atom stereocenters. The molecule has 216 valence electrons. The molecule has 2 saturated carbocycles. The van der Waals surface area contributed by atoms with E-state index in [-0.39, 0.29) is 35.7 Å². The maximum absolute atomic E-state index is 13.0. The van der Waals surface area contributed by atoms with Crippen molar-refractivity contribution < 1.29 is 9.59 Å². The van der Waals surface area contributed by atoms with E-state index >= 15 is 0 Å². The number of imidazole rings is 1. The molecular formula is C32H30N8O3. The van der Waals surface area contributed by atoms with E-state index in [2.05, 4.69) is 26.5 Å². The molecule has 11 nitrogen and oxygen atoms in total. The number of anilines is 2. The van der Waals surface area contributed by atoms with Crippen LogP contribution in [0.1, 0.15) is 65.5 Å². The molecule has 0 unspecified atom stereocenters. The molecule has 5 aromatic rings. The Morgan fingerprint density at radius 1 is 1.02 bits per heavy atom. The molecule has 43 heavy (non-hydrogen) atoms. The standard InChI is InChI=1S/C32H30N8O3/c1-17-7-8-33-30(35-17)24-11-23(24)26-12-28(41)22-6-5-20(10-25(22)37-26)34-13-21-15-39-14-19(18-3-4-18)9-27(31(39)36-21)40-16-29(42)38(2)32(40)43/h5-10,12,14-15,18,23-24,34H,3-4,11,13,16H2,1-2H3,(H,37,41)/t23-,24-/m0/s1. The van der Waals surface area contributed by atoms with E-state index in [0.717, 1.165) is 63.8 Å². The van der Waals surface area contributed by atoms with Crippen LogP contribution in [0.4, 0.5) is 16.2 Å². The summed E-state index contributed by atoms with van der Waals surface area (Å²) in [7, 11) is 1.51. The second-order valence-corrected chi connectivity index (χ2v) is 11.9. The van der Waals surface area contributed by atoms with Crippen molar-refractivity contribution in [3.63, 3.8) is 0 Å². The number of nitrogens with one attached hydrogen (secondary N) is 2. The molecule has 4 aromatic heterocycles. The van der Waals surface area contributed by atoms with Crippen LogP contribution in [0, 0.1) is 6.92 Å². The lowest BCUT2D eigenvalue weighted by Gasteiger charge is -2.17. The molecule has 3 fully saturated rings. The first-order valence-electron chi connectivity index (χ1n) is 14.6. The first kappa shape index (κ1) is 25.6. The molecule has 8 rings (SSSR count). The maximum Gasteiger partial charge on any atom is 0.331 e. The Morgan fingerprint density at radius 2 is 1.88 bits per heavy atom. The highest BCUT2D eigenvalue weighted by Gasteiger charge is 2.42. The monoisotopic (exact) mass is 574 g/mol. The highest BCUT2D eigenvalue weighted by atomic mass is 16.2. The van der Waals surface area contributed by atoms with E-state index in [1.807, 2.05) is 47.9 Å². The number of fused-ring (bicyclic) bond motifs is 2. The maximum atomic E-state index is 13.0. The predicted molar refractivity (Wildman–Crippen MR) is 161 cm³/mol. The minimum atomic E-state index is -0.337. The fraction of sp³-hybridized carbons (Fsp3) is 0.312. The lowest BCUT2D eigenvalue weighted by atomic mass is 10.1. The molecule has 2 N–H and O–H groups in total. The fourth-order valence-corrected chi connectivity index (χ4v) is 6.11. The van der Waals surface area contributed by atoms with Crippen LogP contribution in [0.5, 0.6) is 0 Å². The first-order chi connectivity index (χ1) is 20.8. The van der Waals surface area contributed by atoms with Gasteiger partial charge in [0.2, 0.25) is 5.91 Å². The highest BCUT2D eigenvalue weighted by Crippen LogP contribution is 2.52. The van der Waals surface area contributed by atoms with Gasteiger partial charge in [-0.25, -0.2) is 19.7 Å². The largest absolute Gasteiger partial charge is 0.379 e. The second kappa shape index (κ2) is 9.48. The number of rotatable bonds is 7. The number of nitrogens with zero attached hydrogens (tertiary/aromatic N) is 6. The average molecular weight is 575 g/mol. The van der Waals surface area contributed by atoms with Gasteiger partial charge in [-0.05, 0) is 68.0 Å². The third-order valence-electron chi connectivity index (χ3n) is 8.79. The molecule has 11 heteroatoms.